The minimum atomic E-state index is -0.549. The molecule has 0 unspecified atom stereocenters. The first-order valence-electron chi connectivity index (χ1n) is 10.6. The Kier molecular flexibility index (Phi) is 7.86. The Morgan fingerprint density at radius 3 is 2.64 bits per heavy atom. The van der Waals surface area contributed by atoms with Crippen LogP contribution in [0.25, 0.3) is 10.9 Å². The normalized spacial score (nSPS) is 13.4. The number of nitro groups is 1. The Morgan fingerprint density at radius 1 is 1.27 bits per heavy atom. The van der Waals surface area contributed by atoms with Gasteiger partial charge >= 0.3 is 5.69 Å². The maximum Gasteiger partial charge on any atom is 0.313 e. The van der Waals surface area contributed by atoms with Crippen LogP contribution in [0.4, 0.5) is 5.69 Å². The highest BCUT2D eigenvalue weighted by Gasteiger charge is 2.22. The Hall–Kier alpha value is -2.78. The van der Waals surface area contributed by atoms with Gasteiger partial charge in [0.2, 0.25) is 5.75 Å². The third-order valence-electron chi connectivity index (χ3n) is 5.35. The molecule has 0 bridgehead atoms. The van der Waals surface area contributed by atoms with Crippen molar-refractivity contribution < 1.29 is 9.66 Å². The van der Waals surface area contributed by atoms with Crippen LogP contribution in [-0.4, -0.2) is 26.9 Å². The van der Waals surface area contributed by atoms with Crippen molar-refractivity contribution in [3.63, 3.8) is 0 Å². The summed E-state index contributed by atoms with van der Waals surface area (Å²) in [5.74, 6) is 0.487. The van der Waals surface area contributed by atoms with E-state index in [9.17, 15) is 14.9 Å². The largest absolute Gasteiger partial charge is 0.483 e. The molecular formula is C23H24BrClN4O4. The van der Waals surface area contributed by atoms with Gasteiger partial charge in [0.05, 0.1) is 33.2 Å². The molecule has 0 saturated carbocycles. The molecule has 0 aliphatic rings. The van der Waals surface area contributed by atoms with Gasteiger partial charge in [0, 0.05) is 22.0 Å². The van der Waals surface area contributed by atoms with Crippen LogP contribution < -0.4 is 10.3 Å². The lowest BCUT2D eigenvalue weighted by atomic mass is 10.1. The number of halogens is 2. The van der Waals surface area contributed by atoms with Crippen LogP contribution >= 0.6 is 27.5 Å². The first kappa shape index (κ1) is 24.9. The number of rotatable bonds is 8. The van der Waals surface area contributed by atoms with Crippen LogP contribution in [0.2, 0.25) is 5.02 Å². The van der Waals surface area contributed by atoms with Gasteiger partial charge in [-0.3, -0.25) is 14.9 Å². The van der Waals surface area contributed by atoms with Crippen molar-refractivity contribution in [3.05, 3.63) is 71.7 Å². The van der Waals surface area contributed by atoms with E-state index in [1.54, 1.807) is 12.1 Å². The van der Waals surface area contributed by atoms with Crippen LogP contribution in [0.5, 0.6) is 5.75 Å². The molecule has 10 heteroatoms. The second-order valence-electron chi connectivity index (χ2n) is 7.75. The summed E-state index contributed by atoms with van der Waals surface area (Å²) in [4.78, 5) is 29.0. The highest BCUT2D eigenvalue weighted by atomic mass is 79.9. The van der Waals surface area contributed by atoms with Gasteiger partial charge in [0.15, 0.2) is 0 Å². The van der Waals surface area contributed by atoms with E-state index in [2.05, 4.69) is 26.0 Å². The molecule has 174 valence electrons. The quantitative estimate of drug-likeness (QED) is 0.192. The van der Waals surface area contributed by atoms with Crippen molar-refractivity contribution in [1.82, 2.24) is 9.66 Å². The molecule has 3 rings (SSSR count). The molecule has 0 radical (unpaired) electrons. The minimum absolute atomic E-state index is 0.0165. The van der Waals surface area contributed by atoms with Gasteiger partial charge in [0.25, 0.3) is 5.56 Å². The van der Waals surface area contributed by atoms with Crippen molar-refractivity contribution in [3.8, 4) is 5.75 Å². The van der Waals surface area contributed by atoms with Crippen LogP contribution in [0.1, 0.15) is 57.8 Å². The SMILES string of the molecule is CC[C@@H](C)Oc1c(Cl)cc(C=Nn2c([C@@H](C)CC)nc3ccc(Br)cc3c2=O)cc1[N+](=O)[O-]. The molecule has 0 saturated heterocycles. The van der Waals surface area contributed by atoms with E-state index >= 15 is 0 Å². The second kappa shape index (κ2) is 10.4. The van der Waals surface area contributed by atoms with Crippen molar-refractivity contribution in [2.24, 2.45) is 5.10 Å². The number of benzene rings is 2. The third kappa shape index (κ3) is 5.42. The van der Waals surface area contributed by atoms with Gasteiger partial charge in [-0.15, -0.1) is 0 Å². The third-order valence-corrected chi connectivity index (χ3v) is 6.12. The van der Waals surface area contributed by atoms with Crippen molar-refractivity contribution in [2.45, 2.75) is 52.6 Å². The molecule has 8 nitrogen and oxygen atoms in total. The first-order valence-corrected chi connectivity index (χ1v) is 11.7. The zero-order valence-electron chi connectivity index (χ0n) is 18.7. The maximum atomic E-state index is 13.2. The van der Waals surface area contributed by atoms with Gasteiger partial charge < -0.3 is 4.74 Å². The summed E-state index contributed by atoms with van der Waals surface area (Å²) in [6.07, 6.45) is 2.55. The van der Waals surface area contributed by atoms with Crippen molar-refractivity contribution in [1.29, 1.82) is 0 Å². The predicted octanol–water partition coefficient (Wildman–Crippen LogP) is 6.29. The predicted molar refractivity (Wildman–Crippen MR) is 134 cm³/mol. The molecule has 0 amide bonds. The van der Waals surface area contributed by atoms with Crippen LogP contribution in [0, 0.1) is 10.1 Å². The van der Waals surface area contributed by atoms with Gasteiger partial charge in [-0.2, -0.15) is 9.78 Å². The molecule has 3 aromatic rings. The number of aromatic nitrogens is 2. The topological polar surface area (TPSA) is 99.6 Å². The molecule has 1 heterocycles. The van der Waals surface area contributed by atoms with Crippen LogP contribution in [0.3, 0.4) is 0 Å². The van der Waals surface area contributed by atoms with Crippen LogP contribution in [0.15, 0.2) is 44.7 Å². The summed E-state index contributed by atoms with van der Waals surface area (Å²) in [5.41, 5.74) is 0.346. The van der Waals surface area contributed by atoms with E-state index in [-0.39, 0.29) is 34.0 Å². The number of hydrogen-bond acceptors (Lipinski definition) is 6. The lowest BCUT2D eigenvalue weighted by Gasteiger charge is -2.15. The Balaban J connectivity index is 2.14. The number of fused-ring (bicyclic) bond motifs is 1. The lowest BCUT2D eigenvalue weighted by Crippen LogP contribution is -2.23. The average Bonchev–Trinajstić information content (AvgIpc) is 2.79. The highest BCUT2D eigenvalue weighted by molar-refractivity contribution is 9.10. The standard InChI is InChI=1S/C23H24BrClN4O4/c1-5-13(3)22-27-19-8-7-16(24)11-17(19)23(30)28(22)26-12-15-9-18(25)21(33-14(4)6-2)20(10-15)29(31)32/h7-14H,5-6H2,1-4H3/t13-,14+/m0/s1. The summed E-state index contributed by atoms with van der Waals surface area (Å²) in [6, 6.07) is 8.15. The van der Waals surface area contributed by atoms with Crippen LogP contribution in [-0.2, 0) is 0 Å². The first-order chi connectivity index (χ1) is 15.7. The summed E-state index contributed by atoms with van der Waals surface area (Å²) < 4.78 is 7.65. The number of nitrogens with zero attached hydrogens (tertiary/aromatic N) is 4. The number of ether oxygens (including phenoxy) is 1. The second-order valence-corrected chi connectivity index (χ2v) is 9.07. The van der Waals surface area contributed by atoms with E-state index in [1.807, 2.05) is 33.8 Å². The van der Waals surface area contributed by atoms with E-state index in [4.69, 9.17) is 16.3 Å². The fourth-order valence-electron chi connectivity index (χ4n) is 3.11. The lowest BCUT2D eigenvalue weighted by molar-refractivity contribution is -0.386. The Labute approximate surface area is 204 Å². The number of nitro benzene ring substituents is 1. The molecule has 33 heavy (non-hydrogen) atoms. The van der Waals surface area contributed by atoms with E-state index in [0.29, 0.717) is 28.7 Å². The molecule has 0 spiro atoms. The number of hydrogen-bond donors (Lipinski definition) is 0. The Bertz CT molecular complexity index is 1290. The summed E-state index contributed by atoms with van der Waals surface area (Å²) in [7, 11) is 0. The average molecular weight is 536 g/mol. The van der Waals surface area contributed by atoms with Gasteiger partial charge in [-0.05, 0) is 44.0 Å². The van der Waals surface area contributed by atoms with E-state index in [0.717, 1.165) is 10.9 Å². The summed E-state index contributed by atoms with van der Waals surface area (Å²) >= 11 is 9.70. The van der Waals surface area contributed by atoms with E-state index < -0.39 is 4.92 Å². The van der Waals surface area contributed by atoms with Gasteiger partial charge in [0.1, 0.15) is 5.82 Å². The Morgan fingerprint density at radius 2 is 2.00 bits per heavy atom. The zero-order chi connectivity index (χ0) is 24.3. The highest BCUT2D eigenvalue weighted by Crippen LogP contribution is 2.36. The maximum absolute atomic E-state index is 13.2. The summed E-state index contributed by atoms with van der Waals surface area (Å²) in [6.45, 7) is 7.68. The molecule has 1 aromatic heterocycles. The minimum Gasteiger partial charge on any atom is -0.483 e. The molecule has 2 atom stereocenters. The van der Waals surface area contributed by atoms with Gasteiger partial charge in [-0.1, -0.05) is 48.3 Å². The summed E-state index contributed by atoms with van der Waals surface area (Å²) in [5, 5.41) is 16.5. The van der Waals surface area contributed by atoms with E-state index in [1.165, 1.54) is 23.0 Å². The smallest absolute Gasteiger partial charge is 0.313 e. The molecule has 0 aliphatic heterocycles. The zero-order valence-corrected chi connectivity index (χ0v) is 21.1. The molecule has 0 aliphatic carbocycles. The monoisotopic (exact) mass is 534 g/mol. The molecule has 2 aromatic carbocycles. The molecular weight excluding hydrogens is 512 g/mol. The van der Waals surface area contributed by atoms with Gasteiger partial charge in [-0.25, -0.2) is 4.98 Å². The molecule has 0 N–H and O–H groups in total. The van der Waals surface area contributed by atoms with Crippen molar-refractivity contribution in [2.75, 3.05) is 0 Å². The molecule has 0 fully saturated rings. The van der Waals surface area contributed by atoms with Crippen molar-refractivity contribution >= 4 is 50.3 Å². The fourth-order valence-corrected chi connectivity index (χ4v) is 3.74. The fraction of sp³-hybridized carbons (Fsp3) is 0.348.